The van der Waals surface area contributed by atoms with Crippen LogP contribution in [-0.2, 0) is 6.42 Å². The first-order chi connectivity index (χ1) is 18.0. The van der Waals surface area contributed by atoms with Crippen molar-refractivity contribution in [2.45, 2.75) is 12.5 Å². The highest BCUT2D eigenvalue weighted by atomic mass is 32.1. The summed E-state index contributed by atoms with van der Waals surface area (Å²) in [6.07, 6.45) is 3.62. The molecule has 0 spiro atoms. The number of carbonyl (C=O) groups excluding carboxylic acids is 3. The summed E-state index contributed by atoms with van der Waals surface area (Å²) in [5.41, 5.74) is 7.02. The summed E-state index contributed by atoms with van der Waals surface area (Å²) in [7, 11) is 0. The second kappa shape index (κ2) is 10.5. The van der Waals surface area contributed by atoms with E-state index < -0.39 is 11.9 Å². The SMILES string of the molecule is O=C(NNC(=S)N[C@H](Cc1ccccn1)CN1C(=O)c2ccccc2C1=O)c1nccc2ccccc12. The average molecular weight is 511 g/mol. The lowest BCUT2D eigenvalue weighted by atomic mass is 10.1. The summed E-state index contributed by atoms with van der Waals surface area (Å²) >= 11 is 5.41. The van der Waals surface area contributed by atoms with Crippen LogP contribution in [0.25, 0.3) is 10.8 Å². The minimum absolute atomic E-state index is 0.0591. The molecule has 1 aliphatic heterocycles. The van der Waals surface area contributed by atoms with Crippen molar-refractivity contribution in [3.8, 4) is 0 Å². The Labute approximate surface area is 217 Å². The zero-order valence-corrected chi connectivity index (χ0v) is 20.4. The van der Waals surface area contributed by atoms with Gasteiger partial charge in [-0.15, -0.1) is 0 Å². The molecule has 2 aromatic carbocycles. The standard InChI is InChI=1S/C27H22N6O3S/c34-24(23-20-9-2-1-7-17(20)12-14-29-23)31-32-27(37)30-19(15-18-8-5-6-13-28-18)16-33-25(35)21-10-3-4-11-22(21)26(33)36/h1-14,19H,15-16H2,(H,31,34)(H2,30,32,37)/t19-/m1/s1. The minimum Gasteiger partial charge on any atom is -0.356 e. The number of rotatable bonds is 6. The molecule has 1 aliphatic rings. The molecule has 9 nitrogen and oxygen atoms in total. The molecular weight excluding hydrogens is 488 g/mol. The van der Waals surface area contributed by atoms with Crippen molar-refractivity contribution < 1.29 is 14.4 Å². The van der Waals surface area contributed by atoms with Gasteiger partial charge in [-0.1, -0.05) is 42.5 Å². The van der Waals surface area contributed by atoms with Gasteiger partial charge in [-0.3, -0.25) is 40.1 Å². The Morgan fingerprint density at radius 1 is 0.838 bits per heavy atom. The van der Waals surface area contributed by atoms with Crippen LogP contribution >= 0.6 is 12.2 Å². The molecule has 4 aromatic rings. The Morgan fingerprint density at radius 3 is 2.27 bits per heavy atom. The zero-order chi connectivity index (χ0) is 25.8. The number of benzene rings is 2. The van der Waals surface area contributed by atoms with Gasteiger partial charge in [0, 0.05) is 36.4 Å². The van der Waals surface area contributed by atoms with Crippen LogP contribution in [0.4, 0.5) is 0 Å². The fourth-order valence-electron chi connectivity index (χ4n) is 4.25. The molecule has 0 saturated carbocycles. The predicted octanol–water partition coefficient (Wildman–Crippen LogP) is 2.65. The van der Waals surface area contributed by atoms with E-state index in [1.54, 1.807) is 42.7 Å². The number of hydrogen-bond acceptors (Lipinski definition) is 6. The highest BCUT2D eigenvalue weighted by Crippen LogP contribution is 2.23. The monoisotopic (exact) mass is 510 g/mol. The maximum Gasteiger partial charge on any atom is 0.288 e. The largest absolute Gasteiger partial charge is 0.356 e. The van der Waals surface area contributed by atoms with Crippen molar-refractivity contribution in [1.29, 1.82) is 0 Å². The Hall–Kier alpha value is -4.70. The molecule has 0 fully saturated rings. The summed E-state index contributed by atoms with van der Waals surface area (Å²) in [6, 6.07) is 21.0. The lowest BCUT2D eigenvalue weighted by Gasteiger charge is -2.25. The molecule has 10 heteroatoms. The van der Waals surface area contributed by atoms with Gasteiger partial charge in [0.15, 0.2) is 5.11 Å². The van der Waals surface area contributed by atoms with Gasteiger partial charge in [-0.2, -0.15) is 0 Å². The third kappa shape index (κ3) is 5.14. The third-order valence-electron chi connectivity index (χ3n) is 5.98. The summed E-state index contributed by atoms with van der Waals surface area (Å²) in [4.78, 5) is 48.4. The van der Waals surface area contributed by atoms with Crippen molar-refractivity contribution in [3.63, 3.8) is 0 Å². The lowest BCUT2D eigenvalue weighted by Crippen LogP contribution is -2.53. The van der Waals surface area contributed by atoms with E-state index in [1.807, 2.05) is 42.5 Å². The molecule has 1 atom stereocenters. The van der Waals surface area contributed by atoms with Gasteiger partial charge >= 0.3 is 0 Å². The maximum absolute atomic E-state index is 12.9. The van der Waals surface area contributed by atoms with Crippen molar-refractivity contribution in [3.05, 3.63) is 108 Å². The van der Waals surface area contributed by atoms with E-state index in [2.05, 4.69) is 26.1 Å². The summed E-state index contributed by atoms with van der Waals surface area (Å²) < 4.78 is 0. The van der Waals surface area contributed by atoms with E-state index in [9.17, 15) is 14.4 Å². The molecule has 0 saturated heterocycles. The Balaban J connectivity index is 1.28. The summed E-state index contributed by atoms with van der Waals surface area (Å²) in [6.45, 7) is 0.0591. The van der Waals surface area contributed by atoms with Crippen LogP contribution in [0.1, 0.15) is 36.9 Å². The normalized spacial score (nSPS) is 13.2. The Morgan fingerprint density at radius 2 is 1.54 bits per heavy atom. The van der Waals surface area contributed by atoms with Crippen molar-refractivity contribution in [1.82, 2.24) is 31.0 Å². The quantitative estimate of drug-likeness (QED) is 0.206. The maximum atomic E-state index is 12.9. The molecular formula is C27H22N6O3S. The van der Waals surface area contributed by atoms with Crippen LogP contribution in [0.2, 0.25) is 0 Å². The average Bonchev–Trinajstić information content (AvgIpc) is 3.17. The molecule has 184 valence electrons. The van der Waals surface area contributed by atoms with Crippen molar-refractivity contribution in [2.75, 3.05) is 6.54 Å². The number of fused-ring (bicyclic) bond motifs is 2. The molecule has 3 N–H and O–H groups in total. The van der Waals surface area contributed by atoms with Crippen LogP contribution in [0.3, 0.4) is 0 Å². The fraction of sp³-hybridized carbons (Fsp3) is 0.111. The van der Waals surface area contributed by atoms with Crippen LogP contribution < -0.4 is 16.2 Å². The predicted molar refractivity (Wildman–Crippen MR) is 142 cm³/mol. The smallest absolute Gasteiger partial charge is 0.288 e. The van der Waals surface area contributed by atoms with Gasteiger partial charge in [-0.05, 0) is 47.9 Å². The molecule has 2 aromatic heterocycles. The van der Waals surface area contributed by atoms with Gasteiger partial charge < -0.3 is 5.32 Å². The van der Waals surface area contributed by atoms with E-state index in [0.717, 1.165) is 11.1 Å². The topological polar surface area (TPSA) is 116 Å². The van der Waals surface area contributed by atoms with Gasteiger partial charge in [-0.25, -0.2) is 0 Å². The van der Waals surface area contributed by atoms with E-state index in [4.69, 9.17) is 12.2 Å². The molecule has 0 aliphatic carbocycles. The second-order valence-corrected chi connectivity index (χ2v) is 8.83. The van der Waals surface area contributed by atoms with E-state index in [0.29, 0.717) is 22.9 Å². The molecule has 0 bridgehead atoms. The summed E-state index contributed by atoms with van der Waals surface area (Å²) in [5, 5.41) is 4.82. The lowest BCUT2D eigenvalue weighted by molar-refractivity contribution is 0.0641. The molecule has 3 heterocycles. The van der Waals surface area contributed by atoms with Crippen molar-refractivity contribution in [2.24, 2.45) is 0 Å². The minimum atomic E-state index is -0.468. The first kappa shape index (κ1) is 24.0. The number of aromatic nitrogens is 2. The molecule has 0 radical (unpaired) electrons. The van der Waals surface area contributed by atoms with E-state index in [-0.39, 0.29) is 29.2 Å². The fourth-order valence-corrected chi connectivity index (χ4v) is 4.47. The molecule has 0 unspecified atom stereocenters. The number of hydrazine groups is 1. The number of hydrogen-bond donors (Lipinski definition) is 3. The number of carbonyl (C=O) groups is 3. The first-order valence-corrected chi connectivity index (χ1v) is 12.0. The van der Waals surface area contributed by atoms with Gasteiger partial charge in [0.1, 0.15) is 5.69 Å². The molecule has 5 rings (SSSR count). The Kier molecular flexibility index (Phi) is 6.82. The highest BCUT2D eigenvalue weighted by Gasteiger charge is 2.36. The van der Waals surface area contributed by atoms with Gasteiger partial charge in [0.25, 0.3) is 17.7 Å². The molecule has 3 amide bonds. The van der Waals surface area contributed by atoms with Crippen LogP contribution in [-0.4, -0.2) is 50.3 Å². The van der Waals surface area contributed by atoms with Gasteiger partial charge in [0.05, 0.1) is 17.2 Å². The summed E-state index contributed by atoms with van der Waals surface area (Å²) in [5.74, 6) is -1.17. The number of imide groups is 1. The highest BCUT2D eigenvalue weighted by molar-refractivity contribution is 7.80. The number of nitrogens with zero attached hydrogens (tertiary/aromatic N) is 3. The number of nitrogens with one attached hydrogen (secondary N) is 3. The molecule has 37 heavy (non-hydrogen) atoms. The van der Waals surface area contributed by atoms with Crippen LogP contribution in [0, 0.1) is 0 Å². The zero-order valence-electron chi connectivity index (χ0n) is 19.5. The number of pyridine rings is 2. The van der Waals surface area contributed by atoms with E-state index >= 15 is 0 Å². The van der Waals surface area contributed by atoms with Gasteiger partial charge in [0.2, 0.25) is 0 Å². The second-order valence-electron chi connectivity index (χ2n) is 8.42. The number of amides is 3. The van der Waals surface area contributed by atoms with Crippen LogP contribution in [0.15, 0.2) is 85.2 Å². The van der Waals surface area contributed by atoms with Crippen LogP contribution in [0.5, 0.6) is 0 Å². The van der Waals surface area contributed by atoms with Crippen molar-refractivity contribution >= 4 is 45.8 Å². The third-order valence-corrected chi connectivity index (χ3v) is 6.20. The number of thiocarbonyl (C=S) groups is 1. The first-order valence-electron chi connectivity index (χ1n) is 11.6. The Bertz CT molecular complexity index is 1470. The van der Waals surface area contributed by atoms with E-state index in [1.165, 1.54) is 4.90 Å².